The minimum atomic E-state index is -0.337. The lowest BCUT2D eigenvalue weighted by Gasteiger charge is -2.27. The third-order valence-corrected chi connectivity index (χ3v) is 6.43. The molecule has 1 N–H and O–H groups in total. The number of carbonyl (C=O) groups excluding carboxylic acids is 1. The fourth-order valence-electron chi connectivity index (χ4n) is 4.53. The number of nitrogens with zero attached hydrogens (tertiary/aromatic N) is 2. The molecule has 2 heterocycles. The molecule has 2 aromatic rings. The molecule has 138 valence electrons. The molecule has 1 saturated carbocycles. The first kappa shape index (κ1) is 17.3. The Balaban J connectivity index is 1.45. The molecule has 26 heavy (non-hydrogen) atoms. The van der Waals surface area contributed by atoms with Gasteiger partial charge in [0.05, 0.1) is 23.7 Å². The molecule has 2 bridgehead atoms. The minimum Gasteiger partial charge on any atom is -0.374 e. The zero-order valence-electron chi connectivity index (χ0n) is 15.8. The van der Waals surface area contributed by atoms with Gasteiger partial charge in [0.15, 0.2) is 0 Å². The highest BCUT2D eigenvalue weighted by Crippen LogP contribution is 2.54. The van der Waals surface area contributed by atoms with E-state index >= 15 is 0 Å². The monoisotopic (exact) mass is 353 g/mol. The summed E-state index contributed by atoms with van der Waals surface area (Å²) >= 11 is 0. The van der Waals surface area contributed by atoms with E-state index in [0.29, 0.717) is 6.61 Å². The first-order valence-corrected chi connectivity index (χ1v) is 9.52. The first-order chi connectivity index (χ1) is 12.5. The van der Waals surface area contributed by atoms with Crippen LogP contribution in [0.3, 0.4) is 0 Å². The van der Waals surface area contributed by atoms with Crippen molar-refractivity contribution < 1.29 is 9.53 Å². The molecule has 2 aliphatic rings. The Morgan fingerprint density at radius 1 is 1.35 bits per heavy atom. The Hall–Kier alpha value is -2.14. The van der Waals surface area contributed by atoms with E-state index in [2.05, 4.69) is 40.8 Å². The number of nitrogens with one attached hydrogen (secondary N) is 1. The van der Waals surface area contributed by atoms with Gasteiger partial charge in [0.25, 0.3) is 0 Å². The van der Waals surface area contributed by atoms with Gasteiger partial charge in [-0.1, -0.05) is 19.1 Å². The fraction of sp³-hybridized carbons (Fsp3) is 0.524. The van der Waals surface area contributed by atoms with Crippen molar-refractivity contribution in [2.45, 2.75) is 58.1 Å². The Morgan fingerprint density at radius 2 is 2.12 bits per heavy atom. The second-order valence-corrected chi connectivity index (χ2v) is 7.92. The number of aryl methyl sites for hydroxylation is 1. The highest BCUT2D eigenvalue weighted by atomic mass is 16.5. The summed E-state index contributed by atoms with van der Waals surface area (Å²) in [5, 5.41) is 3.12. The highest BCUT2D eigenvalue weighted by molar-refractivity contribution is 5.96. The number of hydrogen-bond acceptors (Lipinski definition) is 3. The third kappa shape index (κ3) is 2.75. The van der Waals surface area contributed by atoms with Crippen molar-refractivity contribution in [2.24, 2.45) is 5.41 Å². The molecule has 2 fully saturated rings. The average Bonchev–Trinajstić information content (AvgIpc) is 3.36. The second kappa shape index (κ2) is 6.23. The van der Waals surface area contributed by atoms with E-state index in [4.69, 9.17) is 4.74 Å². The first-order valence-electron chi connectivity index (χ1n) is 9.52. The van der Waals surface area contributed by atoms with Crippen LogP contribution < -0.4 is 5.32 Å². The summed E-state index contributed by atoms with van der Waals surface area (Å²) in [7, 11) is 0. The third-order valence-electron chi connectivity index (χ3n) is 6.43. The van der Waals surface area contributed by atoms with Gasteiger partial charge in [-0.2, -0.15) is 0 Å². The van der Waals surface area contributed by atoms with Gasteiger partial charge in [-0.3, -0.25) is 4.79 Å². The number of carbonyl (C=O) groups is 1. The van der Waals surface area contributed by atoms with Crippen molar-refractivity contribution in [1.82, 2.24) is 9.55 Å². The predicted molar refractivity (Wildman–Crippen MR) is 101 cm³/mol. The molecule has 4 rings (SSSR count). The van der Waals surface area contributed by atoms with E-state index in [1.165, 1.54) is 5.56 Å². The van der Waals surface area contributed by atoms with E-state index in [9.17, 15) is 4.79 Å². The van der Waals surface area contributed by atoms with Gasteiger partial charge < -0.3 is 14.6 Å². The molecule has 1 amide bonds. The van der Waals surface area contributed by atoms with Crippen LogP contribution in [0.5, 0.6) is 0 Å². The van der Waals surface area contributed by atoms with Crippen molar-refractivity contribution in [3.05, 3.63) is 48.0 Å². The summed E-state index contributed by atoms with van der Waals surface area (Å²) in [6, 6.07) is 8.35. The number of rotatable bonds is 5. The van der Waals surface area contributed by atoms with Crippen LogP contribution in [-0.2, 0) is 9.53 Å². The lowest BCUT2D eigenvalue weighted by molar-refractivity contribution is -0.127. The molecule has 1 aliphatic carbocycles. The summed E-state index contributed by atoms with van der Waals surface area (Å²) in [5.74, 6) is 1.10. The number of aromatic nitrogens is 2. The molecule has 0 radical (unpaired) electrons. The van der Waals surface area contributed by atoms with Gasteiger partial charge in [-0.05, 0) is 57.2 Å². The van der Waals surface area contributed by atoms with Crippen LogP contribution in [0.15, 0.2) is 36.7 Å². The van der Waals surface area contributed by atoms with Crippen molar-refractivity contribution in [3.8, 4) is 0 Å². The van der Waals surface area contributed by atoms with Crippen molar-refractivity contribution in [3.63, 3.8) is 0 Å². The zero-order valence-corrected chi connectivity index (χ0v) is 15.8. The topological polar surface area (TPSA) is 56.2 Å². The summed E-state index contributed by atoms with van der Waals surface area (Å²) in [5.41, 5.74) is 1.65. The molecule has 5 nitrogen and oxygen atoms in total. The number of amides is 1. The van der Waals surface area contributed by atoms with Crippen molar-refractivity contribution in [1.29, 1.82) is 0 Å². The minimum absolute atomic E-state index is 0.0563. The second-order valence-electron chi connectivity index (χ2n) is 7.92. The van der Waals surface area contributed by atoms with Crippen LogP contribution in [0.4, 0.5) is 5.69 Å². The molecule has 3 atom stereocenters. The molecule has 1 aromatic heterocycles. The number of ether oxygens (including phenoxy) is 1. The molecule has 5 heteroatoms. The Kier molecular flexibility index (Phi) is 4.14. The summed E-state index contributed by atoms with van der Waals surface area (Å²) in [6.07, 6.45) is 7.59. The number of anilines is 1. The lowest BCUT2D eigenvalue weighted by Crippen LogP contribution is -2.35. The smallest absolute Gasteiger partial charge is 0.233 e. The van der Waals surface area contributed by atoms with Crippen LogP contribution in [0.1, 0.15) is 57.0 Å². The quantitative estimate of drug-likeness (QED) is 0.881. The van der Waals surface area contributed by atoms with Crippen LogP contribution in [-0.4, -0.2) is 27.7 Å². The van der Waals surface area contributed by atoms with Crippen molar-refractivity contribution >= 4 is 11.6 Å². The lowest BCUT2D eigenvalue weighted by atomic mass is 9.86. The van der Waals surface area contributed by atoms with E-state index in [1.54, 1.807) is 0 Å². The van der Waals surface area contributed by atoms with Gasteiger partial charge in [0, 0.05) is 18.1 Å². The highest BCUT2D eigenvalue weighted by Gasteiger charge is 2.58. The van der Waals surface area contributed by atoms with Crippen molar-refractivity contribution in [2.75, 3.05) is 11.9 Å². The summed E-state index contributed by atoms with van der Waals surface area (Å²) in [6.45, 7) is 6.87. The number of hydrogen-bond donors (Lipinski definition) is 1. The van der Waals surface area contributed by atoms with E-state index in [1.807, 2.05) is 31.5 Å². The summed E-state index contributed by atoms with van der Waals surface area (Å²) in [4.78, 5) is 17.2. The van der Waals surface area contributed by atoms with Crippen LogP contribution in [0, 0.1) is 12.3 Å². The van der Waals surface area contributed by atoms with Gasteiger partial charge in [-0.15, -0.1) is 0 Å². The molecule has 0 unspecified atom stereocenters. The summed E-state index contributed by atoms with van der Waals surface area (Å²) < 4.78 is 8.13. The average molecular weight is 353 g/mol. The Labute approximate surface area is 154 Å². The maximum Gasteiger partial charge on any atom is 0.233 e. The number of imidazole rings is 1. The van der Waals surface area contributed by atoms with Crippen LogP contribution in [0.25, 0.3) is 0 Å². The van der Waals surface area contributed by atoms with Crippen LogP contribution in [0.2, 0.25) is 0 Å². The van der Waals surface area contributed by atoms with Gasteiger partial charge >= 0.3 is 0 Å². The van der Waals surface area contributed by atoms with Crippen LogP contribution >= 0.6 is 0 Å². The fourth-order valence-corrected chi connectivity index (χ4v) is 4.53. The standard InChI is InChI=1S/C21H27N3O2/c1-4-21-10-9-20(13-21,14-26-21)19(25)23-18-7-5-17(6-8-18)15(2)24-12-11-22-16(24)3/h5-8,11-12,15H,4,9-10,13-14H2,1-3H3,(H,23,25)/t15-,20+,21+/m0/s1. The van der Waals surface area contributed by atoms with E-state index in [-0.39, 0.29) is 23.0 Å². The normalized spacial score (nSPS) is 28.3. The zero-order chi connectivity index (χ0) is 18.4. The van der Waals surface area contributed by atoms with Gasteiger partial charge in [-0.25, -0.2) is 4.98 Å². The SMILES string of the molecule is CC[C@]12CC[C@](C(=O)Nc3ccc([C@H](C)n4ccnc4C)cc3)(CO1)C2. The molecule has 1 aliphatic heterocycles. The van der Waals surface area contributed by atoms with Gasteiger partial charge in [0.2, 0.25) is 5.91 Å². The van der Waals surface area contributed by atoms with Gasteiger partial charge in [0.1, 0.15) is 5.82 Å². The number of benzene rings is 1. The maximum absolute atomic E-state index is 12.9. The predicted octanol–water partition coefficient (Wildman–Crippen LogP) is 4.09. The maximum atomic E-state index is 12.9. The Morgan fingerprint density at radius 3 is 2.65 bits per heavy atom. The van der Waals surface area contributed by atoms with E-state index < -0.39 is 0 Å². The van der Waals surface area contributed by atoms with E-state index in [0.717, 1.165) is 37.2 Å². The molecular formula is C21H27N3O2. The largest absolute Gasteiger partial charge is 0.374 e. The number of fused-ring (bicyclic) bond motifs is 2. The Bertz CT molecular complexity index is 801. The molecular weight excluding hydrogens is 326 g/mol. The molecule has 1 aromatic carbocycles. The molecule has 1 saturated heterocycles. The molecule has 0 spiro atoms.